The van der Waals surface area contributed by atoms with E-state index in [0.29, 0.717) is 24.4 Å². The van der Waals surface area contributed by atoms with E-state index in [1.54, 1.807) is 6.07 Å². The second-order valence-electron chi connectivity index (χ2n) is 5.02. The topological polar surface area (TPSA) is 95.3 Å². The normalized spacial score (nSPS) is 11.9. The number of rotatable bonds is 5. The molecule has 0 spiro atoms. The molecule has 0 aromatic carbocycles. The van der Waals surface area contributed by atoms with E-state index < -0.39 is 0 Å². The van der Waals surface area contributed by atoms with Crippen LogP contribution in [0, 0.1) is 5.41 Å². The number of aromatic amines is 1. The first-order valence-corrected chi connectivity index (χ1v) is 5.79. The predicted molar refractivity (Wildman–Crippen MR) is 67.6 cm³/mol. The molecule has 18 heavy (non-hydrogen) atoms. The Bertz CT molecular complexity index is 586. The van der Waals surface area contributed by atoms with Gasteiger partial charge in [-0.25, -0.2) is 19.3 Å². The Morgan fingerprint density at radius 1 is 1.56 bits per heavy atom. The Kier molecular flexibility index (Phi) is 3.33. The van der Waals surface area contributed by atoms with E-state index in [1.807, 2.05) is 0 Å². The maximum Gasteiger partial charge on any atom is 0.348 e. The van der Waals surface area contributed by atoms with Crippen molar-refractivity contribution in [2.75, 3.05) is 18.5 Å². The van der Waals surface area contributed by atoms with Crippen LogP contribution in [0.3, 0.4) is 0 Å². The van der Waals surface area contributed by atoms with Crippen LogP contribution in [0.1, 0.15) is 20.3 Å². The number of hydrogen-bond acceptors (Lipinski definition) is 5. The van der Waals surface area contributed by atoms with Crippen LogP contribution in [0.2, 0.25) is 0 Å². The summed E-state index contributed by atoms with van der Waals surface area (Å²) in [4.78, 5) is 15.4. The molecule has 3 N–H and O–H groups in total. The van der Waals surface area contributed by atoms with Crippen molar-refractivity contribution in [3.8, 4) is 0 Å². The molecule has 2 heterocycles. The standard InChI is InChI=1S/C11H17N5O2/c1-11(2,3-4-17)6-12-8-5-9-14-15-10(18)16(9)7-13-8/h5,7,12,17H,3-4,6H2,1-2H3,(H,15,18). The zero-order valence-electron chi connectivity index (χ0n) is 10.5. The third-order valence-electron chi connectivity index (χ3n) is 2.85. The molecular weight excluding hydrogens is 234 g/mol. The first kappa shape index (κ1) is 12.6. The van der Waals surface area contributed by atoms with Crippen LogP contribution in [0.5, 0.6) is 0 Å². The number of fused-ring (bicyclic) bond motifs is 1. The summed E-state index contributed by atoms with van der Waals surface area (Å²) < 4.78 is 1.34. The number of H-pyrrole nitrogens is 1. The number of nitrogens with one attached hydrogen (secondary N) is 2. The second kappa shape index (κ2) is 4.77. The summed E-state index contributed by atoms with van der Waals surface area (Å²) in [7, 11) is 0. The van der Waals surface area contributed by atoms with Crippen LogP contribution in [0.25, 0.3) is 5.65 Å². The van der Waals surface area contributed by atoms with Gasteiger partial charge in [-0.15, -0.1) is 0 Å². The fourth-order valence-electron chi connectivity index (χ4n) is 1.63. The molecule has 2 aromatic heterocycles. The molecule has 0 aliphatic carbocycles. The van der Waals surface area contributed by atoms with Gasteiger partial charge in [0.2, 0.25) is 0 Å². The third-order valence-corrected chi connectivity index (χ3v) is 2.85. The van der Waals surface area contributed by atoms with Crippen LogP contribution in [0.4, 0.5) is 5.82 Å². The zero-order valence-corrected chi connectivity index (χ0v) is 10.5. The maximum absolute atomic E-state index is 11.2. The maximum atomic E-state index is 11.2. The van der Waals surface area contributed by atoms with Crippen LogP contribution < -0.4 is 11.0 Å². The number of anilines is 1. The predicted octanol–water partition coefficient (Wildman–Crippen LogP) is 0.238. The van der Waals surface area contributed by atoms with Crippen molar-refractivity contribution in [2.24, 2.45) is 5.41 Å². The molecule has 0 saturated carbocycles. The summed E-state index contributed by atoms with van der Waals surface area (Å²) in [5, 5.41) is 18.3. The molecule has 2 aromatic rings. The molecule has 0 saturated heterocycles. The highest BCUT2D eigenvalue weighted by Crippen LogP contribution is 2.20. The number of aliphatic hydroxyl groups is 1. The minimum atomic E-state index is -0.301. The lowest BCUT2D eigenvalue weighted by Gasteiger charge is -2.24. The molecule has 0 radical (unpaired) electrons. The van der Waals surface area contributed by atoms with Gasteiger partial charge < -0.3 is 10.4 Å². The lowest BCUT2D eigenvalue weighted by molar-refractivity contribution is 0.220. The Hall–Kier alpha value is -1.89. The van der Waals surface area contributed by atoms with E-state index in [9.17, 15) is 4.79 Å². The quantitative estimate of drug-likeness (QED) is 0.707. The lowest BCUT2D eigenvalue weighted by Crippen LogP contribution is -2.24. The molecule has 7 heteroatoms. The molecule has 0 aliphatic heterocycles. The van der Waals surface area contributed by atoms with Gasteiger partial charge in [-0.05, 0) is 11.8 Å². The fraction of sp³-hybridized carbons (Fsp3) is 0.545. The molecule has 7 nitrogen and oxygen atoms in total. The Balaban J connectivity index is 2.10. The molecule has 2 rings (SSSR count). The summed E-state index contributed by atoms with van der Waals surface area (Å²) in [6.07, 6.45) is 2.15. The van der Waals surface area contributed by atoms with Crippen molar-refractivity contribution in [3.05, 3.63) is 22.9 Å². The van der Waals surface area contributed by atoms with Gasteiger partial charge >= 0.3 is 5.69 Å². The first-order chi connectivity index (χ1) is 8.52. The van der Waals surface area contributed by atoms with Crippen molar-refractivity contribution in [2.45, 2.75) is 20.3 Å². The SMILES string of the molecule is CC(C)(CCO)CNc1cc2n[nH]c(=O)n2cn1. The van der Waals surface area contributed by atoms with Crippen LogP contribution in [0.15, 0.2) is 17.2 Å². The molecule has 0 fully saturated rings. The van der Waals surface area contributed by atoms with E-state index in [0.717, 1.165) is 0 Å². The van der Waals surface area contributed by atoms with Crippen LogP contribution in [-0.4, -0.2) is 37.8 Å². The van der Waals surface area contributed by atoms with Gasteiger partial charge in [-0.1, -0.05) is 13.8 Å². The number of aliphatic hydroxyl groups excluding tert-OH is 1. The lowest BCUT2D eigenvalue weighted by atomic mass is 9.90. The van der Waals surface area contributed by atoms with Crippen molar-refractivity contribution in [1.29, 1.82) is 0 Å². The van der Waals surface area contributed by atoms with E-state index >= 15 is 0 Å². The Labute approximate surface area is 104 Å². The molecular formula is C11H17N5O2. The van der Waals surface area contributed by atoms with E-state index in [2.05, 4.69) is 34.3 Å². The van der Waals surface area contributed by atoms with Crippen molar-refractivity contribution in [3.63, 3.8) is 0 Å². The minimum absolute atomic E-state index is 0.0200. The Morgan fingerprint density at radius 3 is 3.06 bits per heavy atom. The van der Waals surface area contributed by atoms with Gasteiger partial charge in [0.1, 0.15) is 12.1 Å². The molecule has 98 valence electrons. The average molecular weight is 251 g/mol. The van der Waals surface area contributed by atoms with E-state index in [1.165, 1.54) is 10.7 Å². The fourth-order valence-corrected chi connectivity index (χ4v) is 1.63. The molecule has 0 aliphatic rings. The summed E-state index contributed by atoms with van der Waals surface area (Å²) in [5.74, 6) is 0.660. The van der Waals surface area contributed by atoms with Gasteiger partial charge in [-0.3, -0.25) is 0 Å². The van der Waals surface area contributed by atoms with Gasteiger partial charge in [0.15, 0.2) is 5.65 Å². The van der Waals surface area contributed by atoms with Gasteiger partial charge in [-0.2, -0.15) is 5.10 Å². The van der Waals surface area contributed by atoms with Crippen LogP contribution >= 0.6 is 0 Å². The number of aromatic nitrogens is 4. The number of nitrogens with zero attached hydrogens (tertiary/aromatic N) is 3. The van der Waals surface area contributed by atoms with Crippen molar-refractivity contribution in [1.82, 2.24) is 19.6 Å². The molecule has 0 atom stereocenters. The molecule has 0 amide bonds. The largest absolute Gasteiger partial charge is 0.396 e. The van der Waals surface area contributed by atoms with Crippen molar-refractivity contribution < 1.29 is 5.11 Å². The minimum Gasteiger partial charge on any atom is -0.396 e. The highest BCUT2D eigenvalue weighted by molar-refractivity contribution is 5.48. The van der Waals surface area contributed by atoms with Crippen molar-refractivity contribution >= 4 is 11.5 Å². The monoisotopic (exact) mass is 251 g/mol. The van der Waals surface area contributed by atoms with Crippen LogP contribution in [-0.2, 0) is 0 Å². The van der Waals surface area contributed by atoms with Gasteiger partial charge in [0.25, 0.3) is 0 Å². The highest BCUT2D eigenvalue weighted by Gasteiger charge is 2.17. The van der Waals surface area contributed by atoms with E-state index in [-0.39, 0.29) is 17.7 Å². The van der Waals surface area contributed by atoms with E-state index in [4.69, 9.17) is 5.11 Å². The molecule has 0 unspecified atom stereocenters. The van der Waals surface area contributed by atoms with Gasteiger partial charge in [0, 0.05) is 19.2 Å². The zero-order chi connectivity index (χ0) is 13.2. The second-order valence-corrected chi connectivity index (χ2v) is 5.02. The number of hydrogen-bond donors (Lipinski definition) is 3. The summed E-state index contributed by atoms with van der Waals surface area (Å²) in [5.41, 5.74) is 0.204. The summed E-state index contributed by atoms with van der Waals surface area (Å²) in [6, 6.07) is 1.70. The Morgan fingerprint density at radius 2 is 2.33 bits per heavy atom. The highest BCUT2D eigenvalue weighted by atomic mass is 16.3. The van der Waals surface area contributed by atoms with Gasteiger partial charge in [0.05, 0.1) is 0 Å². The summed E-state index contributed by atoms with van der Waals surface area (Å²) in [6.45, 7) is 4.98. The smallest absolute Gasteiger partial charge is 0.348 e. The summed E-state index contributed by atoms with van der Waals surface area (Å²) >= 11 is 0. The first-order valence-electron chi connectivity index (χ1n) is 5.79. The average Bonchev–Trinajstić information content (AvgIpc) is 2.68. The third kappa shape index (κ3) is 2.67. The molecule has 0 bridgehead atoms.